The van der Waals surface area contributed by atoms with E-state index in [1.807, 2.05) is 24.3 Å². The van der Waals surface area contributed by atoms with Crippen LogP contribution in [0.2, 0.25) is 5.02 Å². The number of carbonyl (C=O) groups excluding carboxylic acids is 2. The maximum Gasteiger partial charge on any atom is 0.266 e. The van der Waals surface area contributed by atoms with Gasteiger partial charge in [-0.05, 0) is 42.0 Å². The van der Waals surface area contributed by atoms with Crippen molar-refractivity contribution in [3.05, 3.63) is 58.0 Å². The van der Waals surface area contributed by atoms with Gasteiger partial charge in [-0.2, -0.15) is 0 Å². The summed E-state index contributed by atoms with van der Waals surface area (Å²) in [6, 6.07) is 11.7. The Morgan fingerprint density at radius 3 is 2.72 bits per heavy atom. The minimum absolute atomic E-state index is 0.0220. The molecule has 9 heteroatoms. The first-order valence-electron chi connectivity index (χ1n) is 8.55. The molecule has 150 valence electrons. The van der Waals surface area contributed by atoms with Crippen molar-refractivity contribution in [3.63, 3.8) is 0 Å². The Hall–Kier alpha value is -2.55. The number of nitrogens with zero attached hydrogens (tertiary/aromatic N) is 1. The van der Waals surface area contributed by atoms with Crippen LogP contribution >= 0.6 is 35.6 Å². The molecule has 3 rings (SSSR count). The van der Waals surface area contributed by atoms with Gasteiger partial charge >= 0.3 is 0 Å². The molecule has 1 saturated heterocycles. The predicted octanol–water partition coefficient (Wildman–Crippen LogP) is 4.28. The highest BCUT2D eigenvalue weighted by Gasteiger charge is 2.32. The summed E-state index contributed by atoms with van der Waals surface area (Å²) in [6.45, 7) is 0.137. The average molecular weight is 449 g/mol. The number of carbonyl (C=O) groups is 2. The Balaban J connectivity index is 1.61. The number of phenolic OH excluding ortho intramolecular Hbond substituents is 1. The second-order valence-corrected chi connectivity index (χ2v) is 8.18. The predicted molar refractivity (Wildman–Crippen MR) is 119 cm³/mol. The van der Waals surface area contributed by atoms with E-state index in [-0.39, 0.29) is 36.2 Å². The van der Waals surface area contributed by atoms with E-state index in [4.69, 9.17) is 28.6 Å². The Morgan fingerprint density at radius 2 is 2.03 bits per heavy atom. The van der Waals surface area contributed by atoms with Crippen LogP contribution in [0.3, 0.4) is 0 Å². The van der Waals surface area contributed by atoms with E-state index in [1.54, 1.807) is 13.2 Å². The summed E-state index contributed by atoms with van der Waals surface area (Å²) in [6.07, 6.45) is 1.77. The molecule has 0 bridgehead atoms. The third-order valence-electron chi connectivity index (χ3n) is 4.08. The number of benzene rings is 2. The van der Waals surface area contributed by atoms with Gasteiger partial charge in [-0.3, -0.25) is 14.5 Å². The lowest BCUT2D eigenvalue weighted by molar-refractivity contribution is -0.122. The molecule has 0 aromatic heterocycles. The molecule has 0 radical (unpaired) electrons. The zero-order valence-electron chi connectivity index (χ0n) is 15.3. The van der Waals surface area contributed by atoms with Gasteiger partial charge in [0, 0.05) is 18.0 Å². The minimum Gasteiger partial charge on any atom is -0.506 e. The van der Waals surface area contributed by atoms with Crippen molar-refractivity contribution < 1.29 is 19.4 Å². The number of hydrogen-bond donors (Lipinski definition) is 2. The monoisotopic (exact) mass is 448 g/mol. The van der Waals surface area contributed by atoms with Crippen molar-refractivity contribution in [1.82, 2.24) is 4.90 Å². The summed E-state index contributed by atoms with van der Waals surface area (Å²) < 4.78 is 5.52. The molecule has 2 N–H and O–H groups in total. The first-order valence-corrected chi connectivity index (χ1v) is 10.2. The standard InChI is InChI=1S/C20H17ClN2O4S2/c1-27-14-5-2-12(3-6-14)10-17-19(26)23(20(28)29-17)9-8-18(25)22-15-11-13(21)4-7-16(15)24/h2-7,10-11,24H,8-9H2,1H3,(H,22,25)/b17-10-. The first kappa shape index (κ1) is 21.2. The summed E-state index contributed by atoms with van der Waals surface area (Å²) in [7, 11) is 1.59. The number of phenols is 1. The van der Waals surface area contributed by atoms with Crippen molar-refractivity contribution in [2.24, 2.45) is 0 Å². The number of amides is 2. The van der Waals surface area contributed by atoms with E-state index in [2.05, 4.69) is 5.32 Å². The van der Waals surface area contributed by atoms with Crippen LogP contribution in [-0.4, -0.2) is 39.8 Å². The molecule has 0 spiro atoms. The molecule has 0 saturated carbocycles. The smallest absolute Gasteiger partial charge is 0.266 e. The maximum absolute atomic E-state index is 12.6. The number of methoxy groups -OCH3 is 1. The van der Waals surface area contributed by atoms with Crippen molar-refractivity contribution in [2.45, 2.75) is 6.42 Å². The molecule has 6 nitrogen and oxygen atoms in total. The van der Waals surface area contributed by atoms with E-state index >= 15 is 0 Å². The zero-order chi connectivity index (χ0) is 21.0. The quantitative estimate of drug-likeness (QED) is 0.390. The lowest BCUT2D eigenvalue weighted by Crippen LogP contribution is -2.31. The summed E-state index contributed by atoms with van der Waals surface area (Å²) in [5.74, 6) is 0.0345. The molecule has 2 aromatic carbocycles. The maximum atomic E-state index is 12.6. The summed E-state index contributed by atoms with van der Waals surface area (Å²) in [5, 5.41) is 12.7. The summed E-state index contributed by atoms with van der Waals surface area (Å²) >= 11 is 12.4. The van der Waals surface area contributed by atoms with E-state index in [1.165, 1.54) is 34.9 Å². The number of nitrogens with one attached hydrogen (secondary N) is 1. The van der Waals surface area contributed by atoms with E-state index in [9.17, 15) is 14.7 Å². The van der Waals surface area contributed by atoms with Crippen molar-refractivity contribution >= 4 is 63.5 Å². The number of halogens is 1. The minimum atomic E-state index is -0.365. The summed E-state index contributed by atoms with van der Waals surface area (Å²) in [5.41, 5.74) is 1.06. The molecule has 0 unspecified atom stereocenters. The lowest BCUT2D eigenvalue weighted by Gasteiger charge is -2.14. The number of ether oxygens (including phenoxy) is 1. The van der Waals surface area contributed by atoms with Gasteiger partial charge in [-0.15, -0.1) is 0 Å². The van der Waals surface area contributed by atoms with E-state index in [0.29, 0.717) is 14.2 Å². The second-order valence-electron chi connectivity index (χ2n) is 6.07. The van der Waals surface area contributed by atoms with Crippen LogP contribution in [0.5, 0.6) is 11.5 Å². The Kier molecular flexibility index (Phi) is 6.79. The van der Waals surface area contributed by atoms with E-state index in [0.717, 1.165) is 11.3 Å². The molecular weight excluding hydrogens is 432 g/mol. The normalized spacial score (nSPS) is 15.1. The number of hydrogen-bond acceptors (Lipinski definition) is 6. The van der Waals surface area contributed by atoms with Gasteiger partial charge in [0.25, 0.3) is 5.91 Å². The van der Waals surface area contributed by atoms with Crippen LogP contribution in [0.1, 0.15) is 12.0 Å². The molecule has 0 atom stereocenters. The van der Waals surface area contributed by atoms with Crippen LogP contribution in [0.15, 0.2) is 47.4 Å². The van der Waals surface area contributed by atoms with Crippen molar-refractivity contribution in [3.8, 4) is 11.5 Å². The highest BCUT2D eigenvalue weighted by atomic mass is 35.5. The molecule has 2 aromatic rings. The molecular formula is C20H17ClN2O4S2. The molecule has 1 heterocycles. The number of rotatable bonds is 6. The topological polar surface area (TPSA) is 78.9 Å². The number of anilines is 1. The van der Waals surface area contributed by atoms with Crippen LogP contribution in [-0.2, 0) is 9.59 Å². The highest BCUT2D eigenvalue weighted by molar-refractivity contribution is 8.26. The fraction of sp³-hybridized carbons (Fsp3) is 0.150. The lowest BCUT2D eigenvalue weighted by atomic mass is 10.2. The number of thiocarbonyl (C=S) groups is 1. The highest BCUT2D eigenvalue weighted by Crippen LogP contribution is 2.33. The SMILES string of the molecule is COc1ccc(/C=C2\SC(=S)N(CCC(=O)Nc3cc(Cl)ccc3O)C2=O)cc1. The largest absolute Gasteiger partial charge is 0.506 e. The van der Waals surface area contributed by atoms with Crippen LogP contribution in [0.4, 0.5) is 5.69 Å². The van der Waals surface area contributed by atoms with Gasteiger partial charge < -0.3 is 15.2 Å². The Morgan fingerprint density at radius 1 is 1.31 bits per heavy atom. The first-order chi connectivity index (χ1) is 13.9. The van der Waals surface area contributed by atoms with E-state index < -0.39 is 0 Å². The average Bonchev–Trinajstić information content (AvgIpc) is 2.96. The van der Waals surface area contributed by atoms with Crippen molar-refractivity contribution in [1.29, 1.82) is 0 Å². The number of thioether (sulfide) groups is 1. The Labute approximate surface area is 182 Å². The zero-order valence-corrected chi connectivity index (χ0v) is 17.7. The van der Waals surface area contributed by atoms with Gasteiger partial charge in [0.1, 0.15) is 15.8 Å². The van der Waals surface area contributed by atoms with Gasteiger partial charge in [0.05, 0.1) is 17.7 Å². The molecule has 1 aliphatic rings. The molecule has 29 heavy (non-hydrogen) atoms. The fourth-order valence-electron chi connectivity index (χ4n) is 2.58. The van der Waals surface area contributed by atoms with Gasteiger partial charge in [-0.1, -0.05) is 47.7 Å². The van der Waals surface area contributed by atoms with Crippen LogP contribution < -0.4 is 10.1 Å². The van der Waals surface area contributed by atoms with Gasteiger partial charge in [-0.25, -0.2) is 0 Å². The van der Waals surface area contributed by atoms with Gasteiger partial charge in [0.2, 0.25) is 5.91 Å². The third kappa shape index (κ3) is 5.29. The summed E-state index contributed by atoms with van der Waals surface area (Å²) in [4.78, 5) is 26.7. The number of aromatic hydroxyl groups is 1. The molecule has 0 aliphatic carbocycles. The van der Waals surface area contributed by atoms with Crippen molar-refractivity contribution in [2.75, 3.05) is 19.0 Å². The molecule has 1 aliphatic heterocycles. The van der Waals surface area contributed by atoms with Gasteiger partial charge in [0.15, 0.2) is 0 Å². The van der Waals surface area contributed by atoms with Crippen LogP contribution in [0, 0.1) is 0 Å². The Bertz CT molecular complexity index is 992. The molecule has 1 fully saturated rings. The second kappa shape index (κ2) is 9.30. The third-order valence-corrected chi connectivity index (χ3v) is 5.70. The fourth-order valence-corrected chi connectivity index (χ4v) is 4.06. The molecule has 2 amide bonds. The van der Waals surface area contributed by atoms with Crippen LogP contribution in [0.25, 0.3) is 6.08 Å².